The molecule has 0 spiro atoms. The van der Waals surface area contributed by atoms with E-state index in [2.05, 4.69) is 15.5 Å². The predicted molar refractivity (Wildman–Crippen MR) is 110 cm³/mol. The monoisotopic (exact) mass is 488 g/mol. The largest absolute Gasteiger partial charge is 0.461 e. The molecule has 1 amide bonds. The van der Waals surface area contributed by atoms with Crippen LogP contribution < -0.4 is 5.32 Å². The van der Waals surface area contributed by atoms with Gasteiger partial charge in [-0.1, -0.05) is 23.4 Å². The third-order valence-electron chi connectivity index (χ3n) is 4.01. The number of aromatic nitrogens is 3. The maximum Gasteiger partial charge on any atom is 0.417 e. The molecule has 0 aliphatic carbocycles. The minimum absolute atomic E-state index is 0.126. The Morgan fingerprint density at radius 3 is 2.72 bits per heavy atom. The highest BCUT2D eigenvalue weighted by Gasteiger charge is 2.33. The van der Waals surface area contributed by atoms with Crippen molar-refractivity contribution in [2.45, 2.75) is 24.8 Å². The van der Waals surface area contributed by atoms with Gasteiger partial charge in [0.15, 0.2) is 23.3 Å². The standard InChI is InChI=1S/C19H16ClF3N4O4S/c1-2-27-17(14-4-3-7-30-14)25-26-18(27)32-10-16(29)31-9-15(28)24-11-5-6-13(20)12(8-11)19(21,22)23/h3-8H,2,9-10H2,1H3,(H,24,28). The summed E-state index contributed by atoms with van der Waals surface area (Å²) in [6.07, 6.45) is -3.16. The normalized spacial score (nSPS) is 11.4. The molecule has 0 fully saturated rings. The molecule has 0 saturated carbocycles. The highest BCUT2D eigenvalue weighted by atomic mass is 35.5. The van der Waals surface area contributed by atoms with Crippen molar-refractivity contribution in [3.05, 3.63) is 47.2 Å². The number of halogens is 4. The van der Waals surface area contributed by atoms with Crippen molar-refractivity contribution in [3.63, 3.8) is 0 Å². The smallest absolute Gasteiger partial charge is 0.417 e. The third kappa shape index (κ3) is 5.82. The van der Waals surface area contributed by atoms with Gasteiger partial charge in [0, 0.05) is 12.2 Å². The molecule has 1 N–H and O–H groups in total. The summed E-state index contributed by atoms with van der Waals surface area (Å²) in [5, 5.41) is 10.3. The van der Waals surface area contributed by atoms with Gasteiger partial charge in [0.2, 0.25) is 0 Å². The van der Waals surface area contributed by atoms with Gasteiger partial charge in [-0.3, -0.25) is 14.2 Å². The maximum atomic E-state index is 12.9. The van der Waals surface area contributed by atoms with E-state index in [1.165, 1.54) is 12.3 Å². The van der Waals surface area contributed by atoms with E-state index < -0.39 is 35.2 Å². The first kappa shape index (κ1) is 23.7. The number of carbonyl (C=O) groups excluding carboxylic acids is 2. The van der Waals surface area contributed by atoms with Crippen molar-refractivity contribution in [3.8, 4) is 11.6 Å². The number of nitrogens with zero attached hydrogens (tertiary/aromatic N) is 3. The van der Waals surface area contributed by atoms with E-state index in [0.29, 0.717) is 29.4 Å². The first-order chi connectivity index (χ1) is 15.2. The molecule has 1 aromatic carbocycles. The van der Waals surface area contributed by atoms with Gasteiger partial charge < -0.3 is 14.5 Å². The zero-order valence-corrected chi connectivity index (χ0v) is 18.1. The molecule has 0 bridgehead atoms. The fourth-order valence-electron chi connectivity index (χ4n) is 2.60. The van der Waals surface area contributed by atoms with Crippen LogP contribution in [0.4, 0.5) is 18.9 Å². The Hall–Kier alpha value is -2.99. The van der Waals surface area contributed by atoms with Crippen LogP contribution >= 0.6 is 23.4 Å². The van der Waals surface area contributed by atoms with Crippen molar-refractivity contribution in [1.82, 2.24) is 14.8 Å². The molecular formula is C19H16ClF3N4O4S. The zero-order valence-electron chi connectivity index (χ0n) is 16.5. The van der Waals surface area contributed by atoms with Crippen molar-refractivity contribution in [2.75, 3.05) is 17.7 Å². The van der Waals surface area contributed by atoms with Gasteiger partial charge in [-0.05, 0) is 37.3 Å². The van der Waals surface area contributed by atoms with Crippen molar-refractivity contribution >= 4 is 40.9 Å². The van der Waals surface area contributed by atoms with Gasteiger partial charge in [0.1, 0.15) is 0 Å². The van der Waals surface area contributed by atoms with E-state index in [9.17, 15) is 22.8 Å². The van der Waals surface area contributed by atoms with Gasteiger partial charge in [-0.2, -0.15) is 13.2 Å². The fraction of sp³-hybridized carbons (Fsp3) is 0.263. The molecule has 0 radical (unpaired) electrons. The number of rotatable bonds is 8. The molecule has 0 atom stereocenters. The number of ether oxygens (including phenoxy) is 1. The molecule has 0 saturated heterocycles. The Labute approximate surface area is 189 Å². The van der Waals surface area contributed by atoms with E-state index >= 15 is 0 Å². The summed E-state index contributed by atoms with van der Waals surface area (Å²) < 4.78 is 50.6. The number of alkyl halides is 3. The molecule has 2 heterocycles. The number of carbonyl (C=O) groups is 2. The Bertz CT molecular complexity index is 1100. The van der Waals surface area contributed by atoms with Gasteiger partial charge >= 0.3 is 12.1 Å². The lowest BCUT2D eigenvalue weighted by molar-refractivity contribution is -0.144. The Morgan fingerprint density at radius 1 is 1.28 bits per heavy atom. The molecule has 3 rings (SSSR count). The van der Waals surface area contributed by atoms with Crippen LogP contribution in [0.5, 0.6) is 0 Å². The third-order valence-corrected chi connectivity index (χ3v) is 5.28. The lowest BCUT2D eigenvalue weighted by Gasteiger charge is -2.12. The van der Waals surface area contributed by atoms with Crippen LogP contribution in [0.3, 0.4) is 0 Å². The zero-order chi connectivity index (χ0) is 23.3. The molecule has 8 nitrogen and oxygen atoms in total. The van der Waals surface area contributed by atoms with Gasteiger partial charge in [-0.15, -0.1) is 10.2 Å². The maximum absolute atomic E-state index is 12.9. The lowest BCUT2D eigenvalue weighted by Crippen LogP contribution is -2.22. The number of thioether (sulfide) groups is 1. The Kier molecular flexibility index (Phi) is 7.46. The molecule has 170 valence electrons. The molecule has 13 heteroatoms. The summed E-state index contributed by atoms with van der Waals surface area (Å²) in [6, 6.07) is 6.37. The van der Waals surface area contributed by atoms with Crippen LogP contribution in [0.15, 0.2) is 46.2 Å². The van der Waals surface area contributed by atoms with Crippen LogP contribution in [0, 0.1) is 0 Å². The second kappa shape index (κ2) is 10.1. The summed E-state index contributed by atoms with van der Waals surface area (Å²) in [5.74, 6) is -0.615. The number of amides is 1. The van der Waals surface area contributed by atoms with E-state index in [0.717, 1.165) is 17.8 Å². The first-order valence-corrected chi connectivity index (χ1v) is 10.5. The SMILES string of the molecule is CCn1c(SCC(=O)OCC(=O)Nc2ccc(Cl)c(C(F)(F)F)c2)nnc1-c1ccco1. The van der Waals surface area contributed by atoms with Crippen LogP contribution in [0.2, 0.25) is 5.02 Å². The molecule has 0 aliphatic heterocycles. The summed E-state index contributed by atoms with van der Waals surface area (Å²) in [5.41, 5.74) is -1.21. The number of esters is 1. The minimum atomic E-state index is -4.67. The molecule has 2 aromatic heterocycles. The summed E-state index contributed by atoms with van der Waals surface area (Å²) in [6.45, 7) is 1.74. The quantitative estimate of drug-likeness (QED) is 0.368. The van der Waals surface area contributed by atoms with Crippen molar-refractivity contribution < 1.29 is 31.9 Å². The van der Waals surface area contributed by atoms with E-state index in [-0.39, 0.29) is 11.4 Å². The van der Waals surface area contributed by atoms with Gasteiger partial charge in [-0.25, -0.2) is 0 Å². The van der Waals surface area contributed by atoms with E-state index in [1.807, 2.05) is 6.92 Å². The molecule has 32 heavy (non-hydrogen) atoms. The van der Waals surface area contributed by atoms with Gasteiger partial charge in [0.05, 0.1) is 22.6 Å². The second-order valence-electron chi connectivity index (χ2n) is 6.22. The Morgan fingerprint density at radius 2 is 2.06 bits per heavy atom. The lowest BCUT2D eigenvalue weighted by atomic mass is 10.2. The van der Waals surface area contributed by atoms with Crippen LogP contribution in [-0.2, 0) is 27.0 Å². The fourth-order valence-corrected chi connectivity index (χ4v) is 3.62. The topological polar surface area (TPSA) is 99.2 Å². The average Bonchev–Trinajstić information content (AvgIpc) is 3.40. The number of hydrogen-bond acceptors (Lipinski definition) is 7. The van der Waals surface area contributed by atoms with Crippen LogP contribution in [0.1, 0.15) is 12.5 Å². The molecule has 0 aliphatic rings. The number of anilines is 1. The van der Waals surface area contributed by atoms with Crippen molar-refractivity contribution in [2.24, 2.45) is 0 Å². The number of nitrogens with one attached hydrogen (secondary N) is 1. The Balaban J connectivity index is 1.51. The average molecular weight is 489 g/mol. The minimum Gasteiger partial charge on any atom is -0.461 e. The second-order valence-corrected chi connectivity index (χ2v) is 7.57. The predicted octanol–water partition coefficient (Wildman–Crippen LogP) is 4.50. The van der Waals surface area contributed by atoms with Crippen LogP contribution in [-0.4, -0.2) is 39.0 Å². The number of benzene rings is 1. The van der Waals surface area contributed by atoms with Gasteiger partial charge in [0.25, 0.3) is 5.91 Å². The van der Waals surface area contributed by atoms with Crippen molar-refractivity contribution in [1.29, 1.82) is 0 Å². The number of furan rings is 1. The summed E-state index contributed by atoms with van der Waals surface area (Å²) in [7, 11) is 0. The highest BCUT2D eigenvalue weighted by Crippen LogP contribution is 2.36. The molecular weight excluding hydrogens is 473 g/mol. The highest BCUT2D eigenvalue weighted by molar-refractivity contribution is 7.99. The first-order valence-electron chi connectivity index (χ1n) is 9.11. The van der Waals surface area contributed by atoms with E-state index in [1.54, 1.807) is 16.7 Å². The summed E-state index contributed by atoms with van der Waals surface area (Å²) in [4.78, 5) is 23.9. The summed E-state index contributed by atoms with van der Waals surface area (Å²) >= 11 is 6.60. The van der Waals surface area contributed by atoms with E-state index in [4.69, 9.17) is 20.8 Å². The molecule has 3 aromatic rings. The number of hydrogen-bond donors (Lipinski definition) is 1. The van der Waals surface area contributed by atoms with Crippen LogP contribution in [0.25, 0.3) is 11.6 Å². The molecule has 0 unspecified atom stereocenters.